The van der Waals surface area contributed by atoms with Crippen molar-refractivity contribution in [1.29, 1.82) is 0 Å². The monoisotopic (exact) mass is 174 g/mol. The number of hydrogen-bond acceptors (Lipinski definition) is 3. The van der Waals surface area contributed by atoms with Crippen molar-refractivity contribution in [2.75, 3.05) is 5.75 Å². The van der Waals surface area contributed by atoms with Gasteiger partial charge < -0.3 is 4.42 Å². The summed E-state index contributed by atoms with van der Waals surface area (Å²) in [5.41, 5.74) is 0. The van der Waals surface area contributed by atoms with Crippen molar-refractivity contribution in [2.45, 2.75) is 6.92 Å². The smallest absolute Gasteiger partial charge is 0.256 e. The lowest BCUT2D eigenvalue weighted by molar-refractivity contribution is 0.548. The summed E-state index contributed by atoms with van der Waals surface area (Å²) < 4.78 is 29.8. The van der Waals surface area contributed by atoms with E-state index in [9.17, 15) is 8.42 Å². The van der Waals surface area contributed by atoms with Crippen molar-refractivity contribution < 1.29 is 12.8 Å². The van der Waals surface area contributed by atoms with Crippen molar-refractivity contribution >= 4 is 15.9 Å². The van der Waals surface area contributed by atoms with Crippen LogP contribution >= 0.6 is 0 Å². The minimum absolute atomic E-state index is 0.00625. The fraction of sp³-hybridized carbons (Fsp3) is 0.333. The van der Waals surface area contributed by atoms with Gasteiger partial charge in [-0.25, -0.2) is 8.42 Å². The number of nitrogens with zero attached hydrogens (tertiary/aromatic N) is 1. The van der Waals surface area contributed by atoms with Crippen LogP contribution in [0.5, 0.6) is 0 Å². The van der Waals surface area contributed by atoms with Gasteiger partial charge in [-0.1, -0.05) is 0 Å². The third-order valence-electron chi connectivity index (χ3n) is 1.10. The molecular weight excluding hydrogens is 166 g/mol. The van der Waals surface area contributed by atoms with Gasteiger partial charge >= 0.3 is 0 Å². The van der Waals surface area contributed by atoms with Gasteiger partial charge in [0, 0.05) is 6.07 Å². The molecule has 11 heavy (non-hydrogen) atoms. The highest BCUT2D eigenvalue weighted by Gasteiger charge is 2.10. The van der Waals surface area contributed by atoms with Gasteiger partial charge in [0.2, 0.25) is 5.88 Å². The summed E-state index contributed by atoms with van der Waals surface area (Å²) in [5, 5.41) is 0. The molecule has 0 aliphatic heterocycles. The molecule has 0 fully saturated rings. The molecule has 1 heterocycles. The largest absolute Gasteiger partial charge is 0.446 e. The van der Waals surface area contributed by atoms with E-state index < -0.39 is 10.0 Å². The number of hydrogen-bond donors (Lipinski definition) is 0. The minimum Gasteiger partial charge on any atom is -0.446 e. The molecule has 5 heteroatoms. The van der Waals surface area contributed by atoms with Gasteiger partial charge in [0.25, 0.3) is 10.0 Å². The summed E-state index contributed by atoms with van der Waals surface area (Å²) in [7, 11) is -3.31. The van der Waals surface area contributed by atoms with Gasteiger partial charge in [0.1, 0.15) is 0 Å². The topological polar surface area (TPSA) is 61.4 Å². The van der Waals surface area contributed by atoms with E-state index in [1.165, 1.54) is 19.3 Å². The maximum Gasteiger partial charge on any atom is 0.256 e. The second kappa shape index (κ2) is 2.96. The highest BCUT2D eigenvalue weighted by molar-refractivity contribution is 7.89. The van der Waals surface area contributed by atoms with Crippen molar-refractivity contribution in [3.05, 3.63) is 18.4 Å². The van der Waals surface area contributed by atoms with E-state index in [1.54, 1.807) is 6.07 Å². The molecule has 1 radical (unpaired) electrons. The third-order valence-corrected chi connectivity index (χ3v) is 2.29. The number of sulfonamides is 1. The van der Waals surface area contributed by atoms with Crippen LogP contribution in [-0.2, 0) is 10.0 Å². The van der Waals surface area contributed by atoms with Crippen molar-refractivity contribution in [3.8, 4) is 0 Å². The molecule has 0 atom stereocenters. The predicted molar refractivity (Wildman–Crippen MR) is 40.0 cm³/mol. The van der Waals surface area contributed by atoms with Crippen LogP contribution in [0, 0.1) is 0 Å². The summed E-state index contributed by atoms with van der Waals surface area (Å²) in [5.74, 6) is 0.125. The summed E-state index contributed by atoms with van der Waals surface area (Å²) in [6.07, 6.45) is 1.38. The molecule has 1 rings (SSSR count). The predicted octanol–water partition coefficient (Wildman–Crippen LogP) is 0.865. The van der Waals surface area contributed by atoms with E-state index in [4.69, 9.17) is 4.42 Å². The fourth-order valence-corrected chi connectivity index (χ4v) is 1.03. The normalized spacial score (nSPS) is 11.4. The van der Waals surface area contributed by atoms with E-state index in [0.29, 0.717) is 0 Å². The summed E-state index contributed by atoms with van der Waals surface area (Å²) in [4.78, 5) is 0. The standard InChI is InChI=1S/C6H8NO3S/c1-2-11(8,9)7-6-4-3-5-10-6/h3-5H,2H2,1H3. The van der Waals surface area contributed by atoms with Crippen molar-refractivity contribution in [2.24, 2.45) is 0 Å². The Morgan fingerprint density at radius 3 is 2.82 bits per heavy atom. The lowest BCUT2D eigenvalue weighted by Gasteiger charge is -1.95. The second-order valence-electron chi connectivity index (χ2n) is 1.91. The lowest BCUT2D eigenvalue weighted by Crippen LogP contribution is -2.12. The van der Waals surface area contributed by atoms with Crippen LogP contribution < -0.4 is 4.72 Å². The molecule has 0 unspecified atom stereocenters. The molecule has 61 valence electrons. The number of furan rings is 1. The van der Waals surface area contributed by atoms with Crippen LogP contribution in [0.1, 0.15) is 6.92 Å². The van der Waals surface area contributed by atoms with E-state index in [2.05, 4.69) is 4.72 Å². The van der Waals surface area contributed by atoms with E-state index in [0.717, 1.165) is 0 Å². The van der Waals surface area contributed by atoms with Crippen molar-refractivity contribution in [3.63, 3.8) is 0 Å². The Labute approximate surface area is 65.3 Å². The third kappa shape index (κ3) is 2.27. The molecule has 1 aromatic heterocycles. The average Bonchev–Trinajstić information content (AvgIpc) is 2.39. The summed E-state index contributed by atoms with van der Waals surface area (Å²) in [6, 6.07) is 3.08. The summed E-state index contributed by atoms with van der Waals surface area (Å²) >= 11 is 0. The van der Waals surface area contributed by atoms with Crippen LogP contribution in [-0.4, -0.2) is 14.2 Å². The first-order valence-corrected chi connectivity index (χ1v) is 4.74. The van der Waals surface area contributed by atoms with Crippen LogP contribution in [0.3, 0.4) is 0 Å². The molecule has 0 aliphatic carbocycles. The molecule has 0 aromatic carbocycles. The van der Waals surface area contributed by atoms with Gasteiger partial charge in [0.05, 0.1) is 12.0 Å². The zero-order valence-corrected chi connectivity index (χ0v) is 6.84. The van der Waals surface area contributed by atoms with Gasteiger partial charge in [0.15, 0.2) is 0 Å². The Kier molecular flexibility index (Phi) is 2.19. The Hall–Kier alpha value is -0.970. The molecule has 0 saturated heterocycles. The quantitative estimate of drug-likeness (QED) is 0.682. The van der Waals surface area contributed by atoms with Crippen LogP contribution in [0.15, 0.2) is 22.8 Å². The molecule has 0 N–H and O–H groups in total. The van der Waals surface area contributed by atoms with Crippen LogP contribution in [0.2, 0.25) is 0 Å². The summed E-state index contributed by atoms with van der Waals surface area (Å²) in [6.45, 7) is 1.53. The minimum atomic E-state index is -3.31. The highest BCUT2D eigenvalue weighted by atomic mass is 32.2. The molecule has 0 spiro atoms. The molecule has 0 bridgehead atoms. The van der Waals surface area contributed by atoms with Crippen LogP contribution in [0.25, 0.3) is 0 Å². The fourth-order valence-electron chi connectivity index (χ4n) is 0.523. The van der Waals surface area contributed by atoms with Crippen LogP contribution in [0.4, 0.5) is 5.88 Å². The molecule has 0 aliphatic rings. The lowest BCUT2D eigenvalue weighted by atomic mass is 10.6. The molecule has 0 saturated carbocycles. The van der Waals surface area contributed by atoms with E-state index >= 15 is 0 Å². The Morgan fingerprint density at radius 2 is 2.36 bits per heavy atom. The second-order valence-corrected chi connectivity index (χ2v) is 3.84. The van der Waals surface area contributed by atoms with Gasteiger partial charge in [-0.3, -0.25) is 0 Å². The molecule has 0 amide bonds. The zero-order valence-electron chi connectivity index (χ0n) is 6.02. The maximum atomic E-state index is 10.8. The molecule has 1 aromatic rings. The Balaban J connectivity index is 2.72. The van der Waals surface area contributed by atoms with E-state index in [1.807, 2.05) is 0 Å². The Bertz CT molecular complexity index is 301. The molecular formula is C6H8NO3S. The average molecular weight is 174 g/mol. The first-order chi connectivity index (χ1) is 5.14. The zero-order chi connectivity index (χ0) is 8.32. The SMILES string of the molecule is CCS(=O)(=O)[N]c1ccco1. The Morgan fingerprint density at radius 1 is 1.64 bits per heavy atom. The first kappa shape index (κ1) is 8.13. The first-order valence-electron chi connectivity index (χ1n) is 3.13. The maximum absolute atomic E-state index is 10.8. The van der Waals surface area contributed by atoms with E-state index in [-0.39, 0.29) is 11.6 Å². The highest BCUT2D eigenvalue weighted by Crippen LogP contribution is 2.08. The number of rotatable bonds is 3. The van der Waals surface area contributed by atoms with Gasteiger partial charge in [-0.15, -0.1) is 4.72 Å². The van der Waals surface area contributed by atoms with Crippen molar-refractivity contribution in [1.82, 2.24) is 4.72 Å². The van der Waals surface area contributed by atoms with Gasteiger partial charge in [-0.05, 0) is 13.0 Å². The molecule has 4 nitrogen and oxygen atoms in total. The van der Waals surface area contributed by atoms with Gasteiger partial charge in [-0.2, -0.15) is 0 Å².